The Balaban J connectivity index is 1.69. The predicted octanol–water partition coefficient (Wildman–Crippen LogP) is 3.59. The number of likely N-dealkylation sites (tertiary alicyclic amines) is 1. The standard InChI is InChI=1S/C20H21N5O/c1-14-18(16-4-6-17(21-2)7-5-16)23-20(25-11-9-22-19(14)25)26-13-15-8-10-24(3)12-15/h4-7,9,11,15H,8,10,12-13H2,1,3H3. The summed E-state index contributed by atoms with van der Waals surface area (Å²) in [6.45, 7) is 12.0. The second kappa shape index (κ2) is 6.77. The second-order valence-corrected chi connectivity index (χ2v) is 6.88. The summed E-state index contributed by atoms with van der Waals surface area (Å²) in [6.07, 6.45) is 4.81. The highest BCUT2D eigenvalue weighted by Gasteiger charge is 2.21. The maximum absolute atomic E-state index is 7.11. The molecule has 0 radical (unpaired) electrons. The Morgan fingerprint density at radius 2 is 2.12 bits per heavy atom. The number of fused-ring (bicyclic) bond motifs is 1. The molecule has 3 aromatic rings. The van der Waals surface area contributed by atoms with Crippen molar-refractivity contribution < 1.29 is 4.74 Å². The fourth-order valence-corrected chi connectivity index (χ4v) is 3.51. The normalized spacial score (nSPS) is 17.5. The molecule has 4 rings (SSSR count). The SMILES string of the molecule is [C-]#[N+]c1ccc(-c2nc(OCC3CCN(C)C3)n3ccnc3c2C)cc1. The highest BCUT2D eigenvalue weighted by Crippen LogP contribution is 2.29. The highest BCUT2D eigenvalue weighted by atomic mass is 16.5. The van der Waals surface area contributed by atoms with Gasteiger partial charge in [-0.15, -0.1) is 0 Å². The third kappa shape index (κ3) is 3.02. The molecule has 0 saturated carbocycles. The van der Waals surface area contributed by atoms with Crippen LogP contribution in [0.25, 0.3) is 21.7 Å². The Bertz CT molecular complexity index is 970. The first-order valence-corrected chi connectivity index (χ1v) is 8.78. The van der Waals surface area contributed by atoms with Gasteiger partial charge in [0.2, 0.25) is 0 Å². The Hall–Kier alpha value is -2.91. The Labute approximate surface area is 152 Å². The molecule has 1 saturated heterocycles. The van der Waals surface area contributed by atoms with E-state index in [0.717, 1.165) is 42.0 Å². The predicted molar refractivity (Wildman–Crippen MR) is 101 cm³/mol. The van der Waals surface area contributed by atoms with E-state index in [0.29, 0.717) is 24.2 Å². The number of rotatable bonds is 4. The lowest BCUT2D eigenvalue weighted by molar-refractivity contribution is 0.229. The van der Waals surface area contributed by atoms with E-state index in [9.17, 15) is 0 Å². The minimum atomic E-state index is 0.531. The quantitative estimate of drug-likeness (QED) is 0.677. The van der Waals surface area contributed by atoms with E-state index in [-0.39, 0.29) is 0 Å². The van der Waals surface area contributed by atoms with Crippen LogP contribution >= 0.6 is 0 Å². The molecule has 3 heterocycles. The average molecular weight is 347 g/mol. The van der Waals surface area contributed by atoms with Crippen molar-refractivity contribution in [3.05, 3.63) is 53.6 Å². The molecule has 1 aromatic carbocycles. The van der Waals surface area contributed by atoms with E-state index >= 15 is 0 Å². The molecule has 1 aliphatic heterocycles. The molecule has 0 amide bonds. The van der Waals surface area contributed by atoms with Crippen molar-refractivity contribution in [1.29, 1.82) is 0 Å². The van der Waals surface area contributed by atoms with E-state index in [1.165, 1.54) is 0 Å². The van der Waals surface area contributed by atoms with Crippen LogP contribution in [0.3, 0.4) is 0 Å². The van der Waals surface area contributed by atoms with E-state index in [1.807, 2.05) is 41.8 Å². The largest absolute Gasteiger partial charge is 0.464 e. The lowest BCUT2D eigenvalue weighted by Crippen LogP contribution is -2.19. The first kappa shape index (κ1) is 16.6. The van der Waals surface area contributed by atoms with Crippen LogP contribution in [0.1, 0.15) is 12.0 Å². The molecule has 1 unspecified atom stereocenters. The molecule has 2 aromatic heterocycles. The summed E-state index contributed by atoms with van der Waals surface area (Å²) in [7, 11) is 2.14. The van der Waals surface area contributed by atoms with Gasteiger partial charge in [0.1, 0.15) is 5.65 Å². The monoisotopic (exact) mass is 347 g/mol. The van der Waals surface area contributed by atoms with Crippen molar-refractivity contribution >= 4 is 11.3 Å². The van der Waals surface area contributed by atoms with Gasteiger partial charge in [0, 0.05) is 30.4 Å². The molecule has 132 valence electrons. The van der Waals surface area contributed by atoms with Gasteiger partial charge in [0.05, 0.1) is 18.9 Å². The van der Waals surface area contributed by atoms with Crippen LogP contribution in [-0.2, 0) is 0 Å². The molecule has 26 heavy (non-hydrogen) atoms. The third-order valence-corrected chi connectivity index (χ3v) is 4.95. The molecule has 6 heteroatoms. The summed E-state index contributed by atoms with van der Waals surface area (Å²) in [6, 6.07) is 8.06. The lowest BCUT2D eigenvalue weighted by Gasteiger charge is -2.15. The van der Waals surface area contributed by atoms with Gasteiger partial charge < -0.3 is 9.64 Å². The van der Waals surface area contributed by atoms with Crippen molar-refractivity contribution in [3.8, 4) is 17.3 Å². The Kier molecular flexibility index (Phi) is 4.31. The maximum Gasteiger partial charge on any atom is 0.302 e. The van der Waals surface area contributed by atoms with Crippen LogP contribution in [-0.4, -0.2) is 46.0 Å². The third-order valence-electron chi connectivity index (χ3n) is 4.95. The minimum Gasteiger partial charge on any atom is -0.464 e. The van der Waals surface area contributed by atoms with Crippen LogP contribution in [0.4, 0.5) is 5.69 Å². The number of aryl methyl sites for hydroxylation is 1. The summed E-state index contributed by atoms with van der Waals surface area (Å²) in [5.74, 6) is 0.531. The smallest absolute Gasteiger partial charge is 0.302 e. The first-order valence-electron chi connectivity index (χ1n) is 8.78. The van der Waals surface area contributed by atoms with Crippen LogP contribution < -0.4 is 4.74 Å². The average Bonchev–Trinajstić information content (AvgIpc) is 3.31. The lowest BCUT2D eigenvalue weighted by atomic mass is 10.1. The number of ether oxygens (including phenoxy) is 1. The molecule has 1 aliphatic rings. The van der Waals surface area contributed by atoms with Gasteiger partial charge in [-0.05, 0) is 32.5 Å². The molecular weight excluding hydrogens is 326 g/mol. The molecule has 0 spiro atoms. The summed E-state index contributed by atoms with van der Waals surface area (Å²) in [5, 5.41) is 0. The minimum absolute atomic E-state index is 0.531. The fraction of sp³-hybridized carbons (Fsp3) is 0.350. The van der Waals surface area contributed by atoms with E-state index in [1.54, 1.807) is 6.20 Å². The zero-order valence-corrected chi connectivity index (χ0v) is 15.0. The molecule has 0 N–H and O–H groups in total. The van der Waals surface area contributed by atoms with Crippen LogP contribution in [0.2, 0.25) is 0 Å². The van der Waals surface area contributed by atoms with Gasteiger partial charge in [-0.1, -0.05) is 24.3 Å². The van der Waals surface area contributed by atoms with Crippen molar-refractivity contribution in [1.82, 2.24) is 19.3 Å². The Morgan fingerprint density at radius 3 is 2.81 bits per heavy atom. The van der Waals surface area contributed by atoms with E-state index < -0.39 is 0 Å². The zero-order chi connectivity index (χ0) is 18.1. The topological polar surface area (TPSA) is 47.0 Å². The number of hydrogen-bond donors (Lipinski definition) is 0. The number of aromatic nitrogens is 3. The molecule has 6 nitrogen and oxygen atoms in total. The zero-order valence-electron chi connectivity index (χ0n) is 15.0. The van der Waals surface area contributed by atoms with E-state index in [2.05, 4.69) is 21.8 Å². The van der Waals surface area contributed by atoms with Crippen LogP contribution in [0, 0.1) is 19.4 Å². The van der Waals surface area contributed by atoms with Gasteiger partial charge in [-0.25, -0.2) is 9.83 Å². The fourth-order valence-electron chi connectivity index (χ4n) is 3.51. The summed E-state index contributed by atoms with van der Waals surface area (Å²) < 4.78 is 8.02. The van der Waals surface area contributed by atoms with Gasteiger partial charge in [0.25, 0.3) is 0 Å². The highest BCUT2D eigenvalue weighted by molar-refractivity contribution is 5.71. The number of hydrogen-bond acceptors (Lipinski definition) is 4. The maximum atomic E-state index is 7.11. The molecule has 1 fully saturated rings. The van der Waals surface area contributed by atoms with Crippen molar-refractivity contribution in [3.63, 3.8) is 0 Å². The van der Waals surface area contributed by atoms with Gasteiger partial charge in [0.15, 0.2) is 5.69 Å². The summed E-state index contributed by atoms with van der Waals surface area (Å²) in [4.78, 5) is 15.0. The van der Waals surface area contributed by atoms with Crippen molar-refractivity contribution in [2.24, 2.45) is 5.92 Å². The van der Waals surface area contributed by atoms with Crippen LogP contribution in [0.5, 0.6) is 6.01 Å². The van der Waals surface area contributed by atoms with Crippen LogP contribution in [0.15, 0.2) is 36.7 Å². The molecule has 0 aliphatic carbocycles. The Morgan fingerprint density at radius 1 is 1.31 bits per heavy atom. The number of nitrogens with zero attached hydrogens (tertiary/aromatic N) is 5. The summed E-state index contributed by atoms with van der Waals surface area (Å²) in [5.41, 5.74) is 4.28. The number of imidazole rings is 1. The number of benzene rings is 1. The van der Waals surface area contributed by atoms with E-state index in [4.69, 9.17) is 16.3 Å². The first-order chi connectivity index (χ1) is 12.7. The second-order valence-electron chi connectivity index (χ2n) is 6.88. The van der Waals surface area contributed by atoms with Crippen molar-refractivity contribution in [2.75, 3.05) is 26.7 Å². The van der Waals surface area contributed by atoms with Crippen molar-refractivity contribution in [2.45, 2.75) is 13.3 Å². The molecule has 0 bridgehead atoms. The summed E-state index contributed by atoms with van der Waals surface area (Å²) >= 11 is 0. The van der Waals surface area contributed by atoms with Gasteiger partial charge in [-0.3, -0.25) is 4.40 Å². The van der Waals surface area contributed by atoms with Gasteiger partial charge in [-0.2, -0.15) is 4.98 Å². The molecular formula is C20H21N5O. The van der Waals surface area contributed by atoms with Gasteiger partial charge >= 0.3 is 6.01 Å². The molecule has 1 atom stereocenters.